The lowest BCUT2D eigenvalue weighted by Gasteiger charge is -2.28. The zero-order valence-corrected chi connectivity index (χ0v) is 13.0. The molecule has 112 valence electrons. The highest BCUT2D eigenvalue weighted by Gasteiger charge is 2.32. The van der Waals surface area contributed by atoms with Crippen molar-refractivity contribution in [3.63, 3.8) is 0 Å². The Balaban J connectivity index is 1.80. The molecule has 1 saturated carbocycles. The monoisotopic (exact) mass is 283 g/mol. The van der Waals surface area contributed by atoms with E-state index in [9.17, 15) is 5.26 Å². The third-order valence-electron chi connectivity index (χ3n) is 5.47. The molecule has 3 nitrogen and oxygen atoms in total. The summed E-state index contributed by atoms with van der Waals surface area (Å²) in [4.78, 5) is 4.78. The van der Waals surface area contributed by atoms with Crippen molar-refractivity contribution in [1.29, 1.82) is 5.26 Å². The van der Waals surface area contributed by atoms with Crippen molar-refractivity contribution >= 4 is 5.82 Å². The van der Waals surface area contributed by atoms with Crippen molar-refractivity contribution < 1.29 is 0 Å². The fourth-order valence-corrected chi connectivity index (χ4v) is 3.91. The zero-order valence-electron chi connectivity index (χ0n) is 13.0. The summed E-state index contributed by atoms with van der Waals surface area (Å²) in [7, 11) is 0. The largest absolute Gasteiger partial charge is 0.368 e. The van der Waals surface area contributed by atoms with E-state index < -0.39 is 0 Å². The summed E-state index contributed by atoms with van der Waals surface area (Å²) in [6, 6.07) is 4.39. The van der Waals surface area contributed by atoms with Crippen LogP contribution in [-0.2, 0) is 12.8 Å². The summed E-state index contributed by atoms with van der Waals surface area (Å²) in [6.45, 7) is 3.25. The van der Waals surface area contributed by atoms with Crippen LogP contribution < -0.4 is 5.32 Å². The molecule has 0 bridgehead atoms. The second-order valence-electron chi connectivity index (χ2n) is 6.72. The van der Waals surface area contributed by atoms with Gasteiger partial charge in [0.1, 0.15) is 11.9 Å². The topological polar surface area (TPSA) is 48.7 Å². The maximum atomic E-state index is 9.40. The fraction of sp³-hybridized carbons (Fsp3) is 0.667. The van der Waals surface area contributed by atoms with Crippen LogP contribution in [0.5, 0.6) is 0 Å². The Kier molecular flexibility index (Phi) is 4.14. The van der Waals surface area contributed by atoms with Crippen molar-refractivity contribution in [3.8, 4) is 6.07 Å². The number of pyridine rings is 1. The standard InChI is InChI=1S/C18H25N3/c1-2-18(9-5-6-10-18)13-20-17-15(12-19)11-14-7-3-4-8-16(14)21-17/h11H,2-10,13H2,1H3,(H,20,21). The van der Waals surface area contributed by atoms with Crippen LogP contribution in [0.4, 0.5) is 5.82 Å². The number of hydrogen-bond donors (Lipinski definition) is 1. The highest BCUT2D eigenvalue weighted by atomic mass is 15.0. The van der Waals surface area contributed by atoms with Gasteiger partial charge in [-0.25, -0.2) is 4.98 Å². The number of hydrogen-bond acceptors (Lipinski definition) is 3. The molecule has 0 aromatic carbocycles. The highest BCUT2D eigenvalue weighted by molar-refractivity contribution is 5.54. The van der Waals surface area contributed by atoms with E-state index in [0.717, 1.165) is 30.8 Å². The van der Waals surface area contributed by atoms with Gasteiger partial charge in [0.15, 0.2) is 0 Å². The first-order chi connectivity index (χ1) is 10.3. The van der Waals surface area contributed by atoms with E-state index in [2.05, 4.69) is 24.4 Å². The summed E-state index contributed by atoms with van der Waals surface area (Å²) in [5.41, 5.74) is 3.64. The predicted octanol–water partition coefficient (Wildman–Crippen LogP) is 4.21. The molecule has 1 aromatic rings. The first kappa shape index (κ1) is 14.4. The first-order valence-corrected chi connectivity index (χ1v) is 8.43. The number of aromatic nitrogens is 1. The maximum Gasteiger partial charge on any atom is 0.144 e. The van der Waals surface area contributed by atoms with Gasteiger partial charge in [0.05, 0.1) is 5.56 Å². The van der Waals surface area contributed by atoms with Crippen LogP contribution in [0, 0.1) is 16.7 Å². The number of anilines is 1. The molecular formula is C18H25N3. The third-order valence-corrected chi connectivity index (χ3v) is 5.47. The van der Waals surface area contributed by atoms with Gasteiger partial charge in [-0.05, 0) is 62.0 Å². The minimum Gasteiger partial charge on any atom is -0.368 e. The number of nitrogens with one attached hydrogen (secondary N) is 1. The van der Waals surface area contributed by atoms with Crippen LogP contribution in [0.25, 0.3) is 0 Å². The van der Waals surface area contributed by atoms with Crippen LogP contribution in [0.1, 0.15) is 68.7 Å². The first-order valence-electron chi connectivity index (χ1n) is 8.43. The quantitative estimate of drug-likeness (QED) is 0.900. The molecule has 21 heavy (non-hydrogen) atoms. The van der Waals surface area contributed by atoms with Crippen molar-refractivity contribution in [2.45, 2.75) is 64.7 Å². The fourth-order valence-electron chi connectivity index (χ4n) is 3.91. The van der Waals surface area contributed by atoms with Gasteiger partial charge >= 0.3 is 0 Å². The number of fused-ring (bicyclic) bond motifs is 1. The van der Waals surface area contributed by atoms with Gasteiger partial charge in [0.2, 0.25) is 0 Å². The number of nitriles is 1. The molecule has 1 N–H and O–H groups in total. The summed E-state index contributed by atoms with van der Waals surface area (Å²) in [5, 5.41) is 12.9. The molecule has 0 unspecified atom stereocenters. The summed E-state index contributed by atoms with van der Waals surface area (Å²) in [6.07, 6.45) is 11.1. The lowest BCUT2D eigenvalue weighted by molar-refractivity contribution is 0.306. The maximum absolute atomic E-state index is 9.40. The second kappa shape index (κ2) is 6.05. The van der Waals surface area contributed by atoms with Crippen molar-refractivity contribution in [1.82, 2.24) is 4.98 Å². The molecule has 0 radical (unpaired) electrons. The summed E-state index contributed by atoms with van der Waals surface area (Å²) < 4.78 is 0. The molecule has 1 fully saturated rings. The molecule has 0 spiro atoms. The van der Waals surface area contributed by atoms with Crippen LogP contribution in [0.15, 0.2) is 6.07 Å². The van der Waals surface area contributed by atoms with Crippen LogP contribution in [-0.4, -0.2) is 11.5 Å². The molecule has 1 aromatic heterocycles. The lowest BCUT2D eigenvalue weighted by atomic mass is 9.83. The third kappa shape index (κ3) is 2.90. The molecule has 3 rings (SSSR count). The van der Waals surface area contributed by atoms with E-state index >= 15 is 0 Å². The van der Waals surface area contributed by atoms with Crippen LogP contribution in [0.3, 0.4) is 0 Å². The molecule has 0 saturated heterocycles. The predicted molar refractivity (Wildman–Crippen MR) is 85.3 cm³/mol. The second-order valence-corrected chi connectivity index (χ2v) is 6.72. The lowest BCUT2D eigenvalue weighted by Crippen LogP contribution is -2.26. The van der Waals surface area contributed by atoms with E-state index in [0.29, 0.717) is 5.41 Å². The Morgan fingerprint density at radius 3 is 2.71 bits per heavy atom. The van der Waals surface area contributed by atoms with Crippen molar-refractivity contribution in [2.75, 3.05) is 11.9 Å². The van der Waals surface area contributed by atoms with Gasteiger partial charge in [-0.2, -0.15) is 5.26 Å². The average molecular weight is 283 g/mol. The molecule has 0 amide bonds. The van der Waals surface area contributed by atoms with Gasteiger partial charge < -0.3 is 5.32 Å². The molecule has 0 aliphatic heterocycles. The van der Waals surface area contributed by atoms with Gasteiger partial charge in [-0.15, -0.1) is 0 Å². The van der Waals surface area contributed by atoms with Gasteiger partial charge in [0, 0.05) is 12.2 Å². The minimum atomic E-state index is 0.421. The average Bonchev–Trinajstić information content (AvgIpc) is 3.01. The van der Waals surface area contributed by atoms with Crippen LogP contribution in [0.2, 0.25) is 0 Å². The van der Waals surface area contributed by atoms with Crippen LogP contribution >= 0.6 is 0 Å². The van der Waals surface area contributed by atoms with Gasteiger partial charge in [-0.1, -0.05) is 19.8 Å². The van der Waals surface area contributed by atoms with Gasteiger partial charge in [-0.3, -0.25) is 0 Å². The normalized spacial score (nSPS) is 19.8. The number of rotatable bonds is 4. The minimum absolute atomic E-state index is 0.421. The summed E-state index contributed by atoms with van der Waals surface area (Å²) in [5.74, 6) is 0.817. The Morgan fingerprint density at radius 2 is 2.00 bits per heavy atom. The van der Waals surface area contributed by atoms with E-state index in [1.54, 1.807) is 0 Å². The number of aryl methyl sites for hydroxylation is 2. The van der Waals surface area contributed by atoms with E-state index in [-0.39, 0.29) is 0 Å². The Hall–Kier alpha value is -1.56. The highest BCUT2D eigenvalue weighted by Crippen LogP contribution is 2.41. The zero-order chi connectivity index (χ0) is 14.7. The number of nitrogens with zero attached hydrogens (tertiary/aromatic N) is 2. The smallest absolute Gasteiger partial charge is 0.144 e. The van der Waals surface area contributed by atoms with Crippen molar-refractivity contribution in [3.05, 3.63) is 22.9 Å². The Labute approximate surface area is 127 Å². The van der Waals surface area contributed by atoms with E-state index in [4.69, 9.17) is 4.98 Å². The molecule has 1 heterocycles. The Morgan fingerprint density at radius 1 is 1.24 bits per heavy atom. The Bertz CT molecular complexity index is 550. The van der Waals surface area contributed by atoms with E-state index in [1.807, 2.05) is 0 Å². The van der Waals surface area contributed by atoms with Gasteiger partial charge in [0.25, 0.3) is 0 Å². The van der Waals surface area contributed by atoms with Crippen molar-refractivity contribution in [2.24, 2.45) is 5.41 Å². The molecule has 2 aliphatic rings. The van der Waals surface area contributed by atoms with E-state index in [1.165, 1.54) is 56.2 Å². The molecule has 0 atom stereocenters. The molecule has 3 heteroatoms. The summed E-state index contributed by atoms with van der Waals surface area (Å²) >= 11 is 0. The SMILES string of the molecule is CCC1(CNc2nc3c(cc2C#N)CCCC3)CCCC1. The molecule has 2 aliphatic carbocycles. The molecular weight excluding hydrogens is 258 g/mol.